The molecule has 1 aliphatic heterocycles. The molecule has 3 aromatic rings. The van der Waals surface area contributed by atoms with Crippen LogP contribution in [-0.2, 0) is 6.61 Å². The summed E-state index contributed by atoms with van der Waals surface area (Å²) in [7, 11) is 0. The summed E-state index contributed by atoms with van der Waals surface area (Å²) >= 11 is 0. The molecular formula is C22H15FO3. The van der Waals surface area contributed by atoms with Gasteiger partial charge in [0.25, 0.3) is 0 Å². The number of ether oxygens (including phenoxy) is 2. The first kappa shape index (κ1) is 16.1. The fraction of sp³-hybridized carbons (Fsp3) is 0.0455. The molecule has 3 nitrogen and oxygen atoms in total. The van der Waals surface area contributed by atoms with E-state index in [1.54, 1.807) is 30.3 Å². The molecular weight excluding hydrogens is 331 g/mol. The van der Waals surface area contributed by atoms with Crippen molar-refractivity contribution < 1.29 is 18.7 Å². The van der Waals surface area contributed by atoms with Crippen LogP contribution in [0.15, 0.2) is 78.6 Å². The second-order valence-corrected chi connectivity index (χ2v) is 5.93. The van der Waals surface area contributed by atoms with E-state index in [0.717, 1.165) is 5.56 Å². The summed E-state index contributed by atoms with van der Waals surface area (Å²) in [6.45, 7) is 0.430. The first-order valence-electron chi connectivity index (χ1n) is 8.20. The van der Waals surface area contributed by atoms with Crippen molar-refractivity contribution in [1.82, 2.24) is 0 Å². The molecule has 0 saturated carbocycles. The minimum atomic E-state index is -0.362. The molecule has 26 heavy (non-hydrogen) atoms. The average molecular weight is 346 g/mol. The quantitative estimate of drug-likeness (QED) is 0.622. The molecule has 3 aromatic carbocycles. The summed E-state index contributed by atoms with van der Waals surface area (Å²) in [5.74, 6) is 0.652. The van der Waals surface area contributed by atoms with Crippen LogP contribution in [0.1, 0.15) is 21.5 Å². The first-order valence-corrected chi connectivity index (χ1v) is 8.20. The van der Waals surface area contributed by atoms with E-state index in [0.29, 0.717) is 29.2 Å². The van der Waals surface area contributed by atoms with Gasteiger partial charge in [0, 0.05) is 6.07 Å². The van der Waals surface area contributed by atoms with Crippen LogP contribution < -0.4 is 9.47 Å². The monoisotopic (exact) mass is 346 g/mol. The number of ketones is 1. The van der Waals surface area contributed by atoms with Crippen molar-refractivity contribution in [2.75, 3.05) is 0 Å². The summed E-state index contributed by atoms with van der Waals surface area (Å²) in [4.78, 5) is 12.4. The number of fused-ring (bicyclic) bond motifs is 1. The smallest absolute Gasteiger partial charge is 0.231 e. The third kappa shape index (κ3) is 3.35. The minimum Gasteiger partial charge on any atom is -0.489 e. The van der Waals surface area contributed by atoms with Crippen LogP contribution in [0.2, 0.25) is 0 Å². The highest BCUT2D eigenvalue weighted by Crippen LogP contribution is 2.35. The highest BCUT2D eigenvalue weighted by atomic mass is 19.1. The Morgan fingerprint density at radius 3 is 2.62 bits per heavy atom. The second-order valence-electron chi connectivity index (χ2n) is 5.93. The van der Waals surface area contributed by atoms with Crippen LogP contribution in [0.25, 0.3) is 6.08 Å². The fourth-order valence-corrected chi connectivity index (χ4v) is 2.75. The zero-order valence-corrected chi connectivity index (χ0v) is 13.8. The van der Waals surface area contributed by atoms with E-state index in [2.05, 4.69) is 0 Å². The third-order valence-electron chi connectivity index (χ3n) is 4.04. The SMILES string of the molecule is O=C1C(=Cc2cccc(F)c2)Oc2cc(OCc3ccccc3)ccc21. The molecule has 0 aromatic heterocycles. The molecule has 0 N–H and O–H groups in total. The highest BCUT2D eigenvalue weighted by Gasteiger charge is 2.27. The molecule has 0 unspecified atom stereocenters. The molecule has 0 amide bonds. The maximum absolute atomic E-state index is 13.3. The Morgan fingerprint density at radius 2 is 1.81 bits per heavy atom. The molecule has 0 spiro atoms. The number of Topliss-reactive ketones (excluding diaryl/α,β-unsaturated/α-hetero) is 1. The lowest BCUT2D eigenvalue weighted by molar-refractivity contribution is 0.101. The van der Waals surface area contributed by atoms with Crippen molar-refractivity contribution in [3.05, 3.63) is 101 Å². The second kappa shape index (κ2) is 6.84. The molecule has 0 saturated heterocycles. The summed E-state index contributed by atoms with van der Waals surface area (Å²) < 4.78 is 24.7. The predicted octanol–water partition coefficient (Wildman–Crippen LogP) is 5.02. The average Bonchev–Trinajstić information content (AvgIpc) is 2.96. The molecule has 0 bridgehead atoms. The normalized spacial score (nSPS) is 14.2. The van der Waals surface area contributed by atoms with Crippen molar-refractivity contribution in [3.8, 4) is 11.5 Å². The Kier molecular flexibility index (Phi) is 4.23. The van der Waals surface area contributed by atoms with Gasteiger partial charge in [0.05, 0.1) is 5.56 Å². The standard InChI is InChI=1S/C22H15FO3/c23-17-8-4-7-16(11-17)12-21-22(24)19-10-9-18(13-20(19)26-21)25-14-15-5-2-1-3-6-15/h1-13H,14H2. The molecule has 1 heterocycles. The fourth-order valence-electron chi connectivity index (χ4n) is 2.75. The van der Waals surface area contributed by atoms with Gasteiger partial charge in [0.1, 0.15) is 23.9 Å². The zero-order valence-electron chi connectivity index (χ0n) is 13.8. The molecule has 1 aliphatic rings. The molecule has 128 valence electrons. The van der Waals surface area contributed by atoms with Crippen molar-refractivity contribution in [2.24, 2.45) is 0 Å². The number of hydrogen-bond acceptors (Lipinski definition) is 3. The Hall–Kier alpha value is -3.40. The first-order chi connectivity index (χ1) is 12.7. The maximum atomic E-state index is 13.3. The summed E-state index contributed by atoms with van der Waals surface area (Å²) in [5, 5.41) is 0. The molecule has 4 rings (SSSR count). The van der Waals surface area contributed by atoms with Crippen molar-refractivity contribution >= 4 is 11.9 Å². The Labute approximate surface area is 150 Å². The lowest BCUT2D eigenvalue weighted by atomic mass is 10.1. The van der Waals surface area contributed by atoms with Gasteiger partial charge < -0.3 is 9.47 Å². The highest BCUT2D eigenvalue weighted by molar-refractivity contribution is 6.14. The molecule has 0 fully saturated rings. The van der Waals surface area contributed by atoms with Crippen LogP contribution in [0, 0.1) is 5.82 Å². The predicted molar refractivity (Wildman–Crippen MR) is 96.6 cm³/mol. The van der Waals surface area contributed by atoms with Crippen molar-refractivity contribution in [2.45, 2.75) is 6.61 Å². The molecule has 4 heteroatoms. The van der Waals surface area contributed by atoms with Gasteiger partial charge in [-0.15, -0.1) is 0 Å². The summed E-state index contributed by atoms with van der Waals surface area (Å²) in [6, 6.07) is 20.9. The number of hydrogen-bond donors (Lipinski definition) is 0. The Bertz CT molecular complexity index is 993. The number of carbonyl (C=O) groups is 1. The number of carbonyl (C=O) groups excluding carboxylic acids is 1. The zero-order chi connectivity index (χ0) is 17.9. The van der Waals surface area contributed by atoms with Gasteiger partial charge in [-0.2, -0.15) is 0 Å². The Balaban J connectivity index is 1.53. The van der Waals surface area contributed by atoms with Crippen LogP contribution >= 0.6 is 0 Å². The van der Waals surface area contributed by atoms with Gasteiger partial charge >= 0.3 is 0 Å². The number of benzene rings is 3. The largest absolute Gasteiger partial charge is 0.489 e. The van der Waals surface area contributed by atoms with E-state index in [-0.39, 0.29) is 17.4 Å². The van der Waals surface area contributed by atoms with Gasteiger partial charge in [-0.25, -0.2) is 4.39 Å². The van der Waals surface area contributed by atoms with Crippen molar-refractivity contribution in [1.29, 1.82) is 0 Å². The van der Waals surface area contributed by atoms with E-state index in [9.17, 15) is 9.18 Å². The van der Waals surface area contributed by atoms with E-state index in [1.807, 2.05) is 30.3 Å². The maximum Gasteiger partial charge on any atom is 0.231 e. The van der Waals surface area contributed by atoms with Crippen LogP contribution in [0.5, 0.6) is 11.5 Å². The van der Waals surface area contributed by atoms with Gasteiger partial charge in [0.15, 0.2) is 5.76 Å². The molecule has 0 radical (unpaired) electrons. The number of allylic oxidation sites excluding steroid dienone is 1. The number of halogens is 1. The lowest BCUT2D eigenvalue weighted by Gasteiger charge is -2.07. The van der Waals surface area contributed by atoms with E-state index < -0.39 is 0 Å². The summed E-state index contributed by atoms with van der Waals surface area (Å²) in [5.41, 5.74) is 2.10. The van der Waals surface area contributed by atoms with Crippen LogP contribution in [-0.4, -0.2) is 5.78 Å². The van der Waals surface area contributed by atoms with Crippen LogP contribution in [0.3, 0.4) is 0 Å². The van der Waals surface area contributed by atoms with E-state index in [4.69, 9.17) is 9.47 Å². The third-order valence-corrected chi connectivity index (χ3v) is 4.04. The lowest BCUT2D eigenvalue weighted by Crippen LogP contribution is -1.98. The molecule has 0 atom stereocenters. The Morgan fingerprint density at radius 1 is 0.962 bits per heavy atom. The van der Waals surface area contributed by atoms with Gasteiger partial charge in [-0.05, 0) is 41.5 Å². The number of rotatable bonds is 4. The minimum absolute atomic E-state index is 0.172. The van der Waals surface area contributed by atoms with E-state index >= 15 is 0 Å². The topological polar surface area (TPSA) is 35.5 Å². The van der Waals surface area contributed by atoms with Gasteiger partial charge in [-0.1, -0.05) is 42.5 Å². The van der Waals surface area contributed by atoms with Gasteiger partial charge in [-0.3, -0.25) is 4.79 Å². The molecule has 0 aliphatic carbocycles. The summed E-state index contributed by atoms with van der Waals surface area (Å²) in [6.07, 6.45) is 1.54. The van der Waals surface area contributed by atoms with Crippen molar-refractivity contribution in [3.63, 3.8) is 0 Å². The van der Waals surface area contributed by atoms with E-state index in [1.165, 1.54) is 18.2 Å². The van der Waals surface area contributed by atoms with Gasteiger partial charge in [0.2, 0.25) is 5.78 Å². The van der Waals surface area contributed by atoms with Crippen LogP contribution in [0.4, 0.5) is 4.39 Å².